The number of anilines is 1. The van der Waals surface area contributed by atoms with Gasteiger partial charge in [0.05, 0.1) is 27.4 Å². The number of amides is 4. The lowest BCUT2D eigenvalue weighted by molar-refractivity contribution is 0.145. The molecule has 42 heavy (non-hydrogen) atoms. The van der Waals surface area contributed by atoms with Gasteiger partial charge in [-0.15, -0.1) is 11.3 Å². The Kier molecular flexibility index (Phi) is 8.83. The molecular weight excluding hydrogens is 559 g/mol. The maximum absolute atomic E-state index is 15.1. The summed E-state index contributed by atoms with van der Waals surface area (Å²) in [6, 6.07) is 11.1. The number of ether oxygens (including phenoxy) is 2. The zero-order valence-corrected chi connectivity index (χ0v) is 24.5. The van der Waals surface area contributed by atoms with E-state index in [0.29, 0.717) is 36.6 Å². The zero-order valence-electron chi connectivity index (χ0n) is 23.7. The number of aromatic nitrogens is 2. The Balaban J connectivity index is 1.33. The predicted molar refractivity (Wildman–Crippen MR) is 160 cm³/mol. The number of primary amides is 1. The van der Waals surface area contributed by atoms with E-state index in [0.717, 1.165) is 33.7 Å². The summed E-state index contributed by atoms with van der Waals surface area (Å²) in [4.78, 5) is 37.5. The second-order valence-corrected chi connectivity index (χ2v) is 11.4. The summed E-state index contributed by atoms with van der Waals surface area (Å²) >= 11 is 1.44. The van der Waals surface area contributed by atoms with Crippen LogP contribution in [0.4, 0.5) is 19.7 Å². The zero-order chi connectivity index (χ0) is 29.8. The third-order valence-corrected chi connectivity index (χ3v) is 7.82. The van der Waals surface area contributed by atoms with Crippen LogP contribution in [0.2, 0.25) is 0 Å². The van der Waals surface area contributed by atoms with Crippen molar-refractivity contribution >= 4 is 39.3 Å². The van der Waals surface area contributed by atoms with Crippen molar-refractivity contribution in [1.29, 1.82) is 0 Å². The maximum Gasteiger partial charge on any atom is 0.319 e. The molecule has 0 atom stereocenters. The van der Waals surface area contributed by atoms with Crippen LogP contribution in [-0.4, -0.2) is 59.3 Å². The summed E-state index contributed by atoms with van der Waals surface area (Å²) in [5.41, 5.74) is 8.23. The summed E-state index contributed by atoms with van der Waals surface area (Å²) in [6.45, 7) is 5.11. The number of thiophene rings is 1. The van der Waals surface area contributed by atoms with E-state index in [1.165, 1.54) is 28.4 Å². The molecule has 5 rings (SSSR count). The van der Waals surface area contributed by atoms with Gasteiger partial charge < -0.3 is 25.4 Å². The number of nitrogens with zero attached hydrogens (tertiary/aromatic N) is 4. The maximum atomic E-state index is 15.1. The summed E-state index contributed by atoms with van der Waals surface area (Å²) in [5, 5.41) is 2.92. The lowest BCUT2D eigenvalue weighted by Gasteiger charge is -2.24. The molecule has 0 radical (unpaired) electrons. The van der Waals surface area contributed by atoms with Gasteiger partial charge in [0, 0.05) is 62.5 Å². The van der Waals surface area contributed by atoms with Gasteiger partial charge in [0.15, 0.2) is 11.6 Å². The number of methoxy groups -OCH3 is 1. The normalized spacial score (nSPS) is 12.9. The van der Waals surface area contributed by atoms with E-state index in [1.54, 1.807) is 36.5 Å². The average molecular weight is 593 g/mol. The predicted octanol–water partition coefficient (Wildman–Crippen LogP) is 5.90. The van der Waals surface area contributed by atoms with Crippen LogP contribution in [0.25, 0.3) is 20.8 Å². The van der Waals surface area contributed by atoms with Gasteiger partial charge in [0.25, 0.3) is 0 Å². The van der Waals surface area contributed by atoms with E-state index in [2.05, 4.69) is 15.3 Å². The molecule has 0 bridgehead atoms. The number of carbonyl (C=O) groups excluding carboxylic acids is 2. The first-order chi connectivity index (χ1) is 20.2. The molecular formula is C30H33FN6O4S. The Hall–Kier alpha value is -4.29. The highest BCUT2D eigenvalue weighted by Crippen LogP contribution is 2.40. The number of hydrogen-bond acceptors (Lipinski definition) is 7. The highest BCUT2D eigenvalue weighted by Gasteiger charge is 2.33. The van der Waals surface area contributed by atoms with Crippen LogP contribution in [0.5, 0.6) is 11.5 Å². The minimum atomic E-state index is -0.603. The fourth-order valence-electron chi connectivity index (χ4n) is 4.49. The lowest BCUT2D eigenvalue weighted by atomic mass is 10.2. The summed E-state index contributed by atoms with van der Waals surface area (Å²) in [6.07, 6.45) is 5.05. The van der Waals surface area contributed by atoms with Crippen molar-refractivity contribution in [2.75, 3.05) is 25.2 Å². The molecule has 3 N–H and O–H groups in total. The number of rotatable bonds is 11. The molecule has 1 aliphatic carbocycles. The minimum Gasteiger partial charge on any atom is -0.453 e. The topological polar surface area (TPSA) is 123 Å². The van der Waals surface area contributed by atoms with Gasteiger partial charge >= 0.3 is 12.1 Å². The molecule has 0 spiro atoms. The number of halogens is 1. The van der Waals surface area contributed by atoms with Gasteiger partial charge in [-0.2, -0.15) is 0 Å². The summed E-state index contributed by atoms with van der Waals surface area (Å²) in [5.74, 6) is -0.109. The standard InChI is InChI=1S/C30H33FN6O4S/c1-18(2)35-30(39)36(12-13-40-3)17-19-4-8-23(34-16-19)27-15-24-28(42-27)26(10-11-33-24)41-25-9-7-21(14-22(25)31)37(29(32)38)20-5-6-20/h4,7-11,14-16,18,20H,5-6,12-13,17H2,1-3H3,(H2,32,38)(H,35,39). The van der Waals surface area contributed by atoms with Crippen LogP contribution in [0.1, 0.15) is 32.3 Å². The molecule has 1 aliphatic rings. The highest BCUT2D eigenvalue weighted by atomic mass is 32.1. The van der Waals surface area contributed by atoms with Crippen LogP contribution < -0.4 is 20.7 Å². The first-order valence-electron chi connectivity index (χ1n) is 13.7. The number of nitrogens with two attached hydrogens (primary N) is 1. The number of carbonyl (C=O) groups is 2. The molecule has 0 saturated heterocycles. The van der Waals surface area contributed by atoms with Crippen molar-refractivity contribution in [2.45, 2.75) is 45.3 Å². The molecule has 4 aromatic rings. The van der Waals surface area contributed by atoms with Crippen LogP contribution in [-0.2, 0) is 11.3 Å². The number of pyridine rings is 2. The molecule has 12 heteroatoms. The Morgan fingerprint density at radius 2 is 1.95 bits per heavy atom. The third kappa shape index (κ3) is 6.77. The third-order valence-electron chi connectivity index (χ3n) is 6.65. The molecule has 4 amide bonds. The molecule has 0 unspecified atom stereocenters. The highest BCUT2D eigenvalue weighted by molar-refractivity contribution is 7.22. The molecule has 1 saturated carbocycles. The largest absolute Gasteiger partial charge is 0.453 e. The van der Waals surface area contributed by atoms with Gasteiger partial charge in [0.1, 0.15) is 5.75 Å². The van der Waals surface area contributed by atoms with Gasteiger partial charge in [-0.05, 0) is 56.5 Å². The van der Waals surface area contributed by atoms with E-state index < -0.39 is 11.8 Å². The van der Waals surface area contributed by atoms with E-state index in [-0.39, 0.29) is 23.9 Å². The van der Waals surface area contributed by atoms with Gasteiger partial charge in [-0.25, -0.2) is 14.0 Å². The summed E-state index contributed by atoms with van der Waals surface area (Å²) in [7, 11) is 1.60. The van der Waals surface area contributed by atoms with E-state index in [9.17, 15) is 9.59 Å². The Morgan fingerprint density at radius 1 is 1.14 bits per heavy atom. The fourth-order valence-corrected chi connectivity index (χ4v) is 5.53. The fraction of sp³-hybridized carbons (Fsp3) is 0.333. The van der Waals surface area contributed by atoms with E-state index in [4.69, 9.17) is 15.2 Å². The van der Waals surface area contributed by atoms with Gasteiger partial charge in [-0.1, -0.05) is 6.07 Å². The Morgan fingerprint density at radius 3 is 2.60 bits per heavy atom. The number of benzene rings is 1. The second kappa shape index (κ2) is 12.7. The number of fused-ring (bicyclic) bond motifs is 1. The molecule has 0 aliphatic heterocycles. The molecule has 10 nitrogen and oxygen atoms in total. The first-order valence-corrected chi connectivity index (χ1v) is 14.5. The van der Waals surface area contributed by atoms with Crippen LogP contribution in [0, 0.1) is 5.82 Å². The Labute approximate surface area is 247 Å². The number of nitrogens with one attached hydrogen (secondary N) is 1. The first kappa shape index (κ1) is 29.2. The molecule has 3 aromatic heterocycles. The lowest BCUT2D eigenvalue weighted by Crippen LogP contribution is -2.43. The molecule has 1 aromatic carbocycles. The van der Waals surface area contributed by atoms with Crippen molar-refractivity contribution < 1.29 is 23.5 Å². The molecule has 220 valence electrons. The van der Waals surface area contributed by atoms with Crippen LogP contribution in [0.3, 0.4) is 0 Å². The smallest absolute Gasteiger partial charge is 0.319 e. The van der Waals surface area contributed by atoms with Crippen molar-refractivity contribution in [3.8, 4) is 22.1 Å². The van der Waals surface area contributed by atoms with Crippen molar-refractivity contribution in [3.63, 3.8) is 0 Å². The van der Waals surface area contributed by atoms with Gasteiger partial charge in [-0.3, -0.25) is 14.9 Å². The van der Waals surface area contributed by atoms with Crippen LogP contribution in [0.15, 0.2) is 54.9 Å². The minimum absolute atomic E-state index is 0.0136. The SMILES string of the molecule is COCCN(Cc1ccc(-c2cc3nccc(Oc4ccc(N(C(N)=O)C5CC5)cc4F)c3s2)nc1)C(=O)NC(C)C. The summed E-state index contributed by atoms with van der Waals surface area (Å²) < 4.78 is 26.9. The van der Waals surface area contributed by atoms with E-state index in [1.807, 2.05) is 32.0 Å². The molecule has 3 heterocycles. The van der Waals surface area contributed by atoms with Crippen molar-refractivity contribution in [1.82, 2.24) is 20.2 Å². The monoisotopic (exact) mass is 592 g/mol. The average Bonchev–Trinajstić information content (AvgIpc) is 3.68. The van der Waals surface area contributed by atoms with E-state index >= 15 is 4.39 Å². The second-order valence-electron chi connectivity index (χ2n) is 10.4. The number of hydrogen-bond donors (Lipinski definition) is 2. The quantitative estimate of drug-likeness (QED) is 0.223. The number of urea groups is 2. The molecule has 1 fully saturated rings. The van der Waals surface area contributed by atoms with Crippen LogP contribution >= 0.6 is 11.3 Å². The Bertz CT molecular complexity index is 1570. The van der Waals surface area contributed by atoms with Crippen molar-refractivity contribution in [3.05, 3.63) is 66.2 Å². The van der Waals surface area contributed by atoms with Gasteiger partial charge in [0.2, 0.25) is 0 Å². The van der Waals surface area contributed by atoms with Crippen molar-refractivity contribution in [2.24, 2.45) is 5.73 Å².